The summed E-state index contributed by atoms with van der Waals surface area (Å²) in [7, 11) is 1.66. The molecule has 1 aliphatic carbocycles. The summed E-state index contributed by atoms with van der Waals surface area (Å²) in [5, 5.41) is 0. The SMILES string of the molecule is COc1ccccc1C1CC(=O)c2cn3c(nc2C1)nc1ccccc13. The monoisotopic (exact) mass is 343 g/mol. The molecule has 4 aromatic rings. The zero-order valence-corrected chi connectivity index (χ0v) is 14.3. The molecule has 0 N–H and O–H groups in total. The van der Waals surface area contributed by atoms with Crippen molar-refractivity contribution in [2.24, 2.45) is 0 Å². The van der Waals surface area contributed by atoms with Crippen LogP contribution in [0.1, 0.15) is 34.0 Å². The molecule has 1 atom stereocenters. The van der Waals surface area contributed by atoms with E-state index < -0.39 is 0 Å². The van der Waals surface area contributed by atoms with Crippen LogP contribution in [0.4, 0.5) is 0 Å². The van der Waals surface area contributed by atoms with E-state index in [1.54, 1.807) is 7.11 Å². The summed E-state index contributed by atoms with van der Waals surface area (Å²) in [6.45, 7) is 0. The van der Waals surface area contributed by atoms with Crippen molar-refractivity contribution in [3.05, 3.63) is 71.5 Å². The lowest BCUT2D eigenvalue weighted by molar-refractivity contribution is 0.0962. The van der Waals surface area contributed by atoms with Gasteiger partial charge >= 0.3 is 0 Å². The Morgan fingerprint density at radius 3 is 2.73 bits per heavy atom. The van der Waals surface area contributed by atoms with Crippen LogP contribution in [0.3, 0.4) is 0 Å². The van der Waals surface area contributed by atoms with E-state index in [0.717, 1.165) is 28.0 Å². The van der Waals surface area contributed by atoms with E-state index in [-0.39, 0.29) is 11.7 Å². The number of ether oxygens (including phenoxy) is 1. The first-order valence-electron chi connectivity index (χ1n) is 8.67. The maximum atomic E-state index is 12.9. The highest BCUT2D eigenvalue weighted by atomic mass is 16.5. The molecule has 0 fully saturated rings. The number of carbonyl (C=O) groups excluding carboxylic acids is 1. The second-order valence-corrected chi connectivity index (χ2v) is 6.64. The Kier molecular flexibility index (Phi) is 3.28. The molecule has 0 amide bonds. The second-order valence-electron chi connectivity index (χ2n) is 6.64. The minimum absolute atomic E-state index is 0.0745. The van der Waals surface area contributed by atoms with Crippen LogP contribution in [0, 0.1) is 0 Å². The predicted molar refractivity (Wildman–Crippen MR) is 98.9 cm³/mol. The Labute approximate surface area is 150 Å². The maximum absolute atomic E-state index is 12.9. The highest BCUT2D eigenvalue weighted by Gasteiger charge is 2.30. The van der Waals surface area contributed by atoms with Gasteiger partial charge in [0.25, 0.3) is 0 Å². The topological polar surface area (TPSA) is 56.5 Å². The summed E-state index contributed by atoms with van der Waals surface area (Å²) in [4.78, 5) is 22.2. The van der Waals surface area contributed by atoms with Crippen molar-refractivity contribution >= 4 is 22.6 Å². The van der Waals surface area contributed by atoms with Gasteiger partial charge in [-0.25, -0.2) is 9.97 Å². The number of hydrogen-bond donors (Lipinski definition) is 0. The van der Waals surface area contributed by atoms with Crippen LogP contribution in [0.5, 0.6) is 5.75 Å². The molecule has 1 aliphatic rings. The number of imidazole rings is 1. The van der Waals surface area contributed by atoms with E-state index in [0.29, 0.717) is 24.2 Å². The molecular weight excluding hydrogens is 326 g/mol. The number of carbonyl (C=O) groups is 1. The number of aromatic nitrogens is 3. The fourth-order valence-corrected chi connectivity index (χ4v) is 3.87. The zero-order valence-electron chi connectivity index (χ0n) is 14.3. The van der Waals surface area contributed by atoms with Crippen LogP contribution in [-0.4, -0.2) is 27.3 Å². The molecule has 0 radical (unpaired) electrons. The predicted octanol–water partition coefficient (Wildman–Crippen LogP) is 3.80. The van der Waals surface area contributed by atoms with Crippen LogP contribution >= 0.6 is 0 Å². The van der Waals surface area contributed by atoms with Crippen molar-refractivity contribution in [1.29, 1.82) is 0 Å². The molecule has 128 valence electrons. The maximum Gasteiger partial charge on any atom is 0.235 e. The molecule has 1 unspecified atom stereocenters. The van der Waals surface area contributed by atoms with E-state index >= 15 is 0 Å². The zero-order chi connectivity index (χ0) is 17.7. The first-order chi connectivity index (χ1) is 12.7. The molecule has 2 aromatic heterocycles. The van der Waals surface area contributed by atoms with Gasteiger partial charge in [0.2, 0.25) is 5.78 Å². The minimum Gasteiger partial charge on any atom is -0.496 e. The van der Waals surface area contributed by atoms with E-state index in [1.807, 2.05) is 59.1 Å². The first-order valence-corrected chi connectivity index (χ1v) is 8.67. The number of Topliss-reactive ketones (excluding diaryl/α,β-unsaturated/α-hetero) is 1. The number of rotatable bonds is 2. The second kappa shape index (κ2) is 5.66. The summed E-state index contributed by atoms with van der Waals surface area (Å²) >= 11 is 0. The molecule has 2 aromatic carbocycles. The van der Waals surface area contributed by atoms with Gasteiger partial charge in [0.1, 0.15) is 5.75 Å². The van der Waals surface area contributed by atoms with E-state index in [4.69, 9.17) is 9.72 Å². The fraction of sp³-hybridized carbons (Fsp3) is 0.190. The number of para-hydroxylation sites is 3. The van der Waals surface area contributed by atoms with Gasteiger partial charge in [-0.3, -0.25) is 9.20 Å². The van der Waals surface area contributed by atoms with Gasteiger partial charge in [-0.05, 0) is 30.2 Å². The van der Waals surface area contributed by atoms with Gasteiger partial charge in [-0.2, -0.15) is 0 Å². The molecule has 0 bridgehead atoms. The molecular formula is C21H17N3O2. The van der Waals surface area contributed by atoms with Gasteiger partial charge < -0.3 is 4.74 Å². The Morgan fingerprint density at radius 1 is 1.04 bits per heavy atom. The molecule has 0 spiro atoms. The standard InChI is InChI=1S/C21H17N3O2/c1-26-20-9-5-2-6-14(20)13-10-17-15(19(25)11-13)12-24-18-8-4-3-7-16(18)22-21(24)23-17/h2-9,12-13H,10-11H2,1H3. The molecule has 5 heteroatoms. The summed E-state index contributed by atoms with van der Waals surface area (Å²) in [6, 6.07) is 15.8. The highest BCUT2D eigenvalue weighted by Crippen LogP contribution is 2.36. The van der Waals surface area contributed by atoms with Crippen LogP contribution in [0.2, 0.25) is 0 Å². The van der Waals surface area contributed by atoms with Crippen LogP contribution in [0.15, 0.2) is 54.7 Å². The third kappa shape index (κ3) is 2.20. The van der Waals surface area contributed by atoms with Gasteiger partial charge in [-0.1, -0.05) is 30.3 Å². The molecule has 0 aliphatic heterocycles. The molecule has 5 rings (SSSR count). The van der Waals surface area contributed by atoms with Crippen molar-refractivity contribution in [1.82, 2.24) is 14.4 Å². The number of nitrogens with zero attached hydrogens (tertiary/aromatic N) is 3. The summed E-state index contributed by atoms with van der Waals surface area (Å²) < 4.78 is 7.40. The third-order valence-corrected chi connectivity index (χ3v) is 5.13. The Bertz CT molecular complexity index is 1160. The lowest BCUT2D eigenvalue weighted by atomic mass is 9.82. The fourth-order valence-electron chi connectivity index (χ4n) is 3.87. The number of hydrogen-bond acceptors (Lipinski definition) is 4. The van der Waals surface area contributed by atoms with Crippen molar-refractivity contribution in [2.75, 3.05) is 7.11 Å². The van der Waals surface area contributed by atoms with Gasteiger partial charge in [-0.15, -0.1) is 0 Å². The quantitative estimate of drug-likeness (QED) is 0.555. The number of benzene rings is 2. The molecule has 5 nitrogen and oxygen atoms in total. The van der Waals surface area contributed by atoms with E-state index in [9.17, 15) is 4.79 Å². The van der Waals surface area contributed by atoms with Crippen molar-refractivity contribution in [2.45, 2.75) is 18.8 Å². The molecule has 26 heavy (non-hydrogen) atoms. The average Bonchev–Trinajstić information content (AvgIpc) is 3.04. The summed E-state index contributed by atoms with van der Waals surface area (Å²) in [5.41, 5.74) is 4.43. The Morgan fingerprint density at radius 2 is 1.85 bits per heavy atom. The van der Waals surface area contributed by atoms with Crippen molar-refractivity contribution in [3.8, 4) is 5.75 Å². The van der Waals surface area contributed by atoms with Crippen molar-refractivity contribution < 1.29 is 9.53 Å². The van der Waals surface area contributed by atoms with Crippen LogP contribution in [0.25, 0.3) is 16.8 Å². The molecule has 0 saturated carbocycles. The third-order valence-electron chi connectivity index (χ3n) is 5.13. The molecule has 2 heterocycles. The lowest BCUT2D eigenvalue weighted by Gasteiger charge is -2.24. The first kappa shape index (κ1) is 15.1. The Hall–Kier alpha value is -3.21. The minimum atomic E-state index is 0.0745. The smallest absolute Gasteiger partial charge is 0.235 e. The normalized spacial score (nSPS) is 16.8. The molecule has 0 saturated heterocycles. The van der Waals surface area contributed by atoms with Crippen LogP contribution in [-0.2, 0) is 6.42 Å². The summed E-state index contributed by atoms with van der Waals surface area (Å²) in [5.74, 6) is 1.65. The largest absolute Gasteiger partial charge is 0.496 e. The average molecular weight is 343 g/mol. The van der Waals surface area contributed by atoms with Crippen molar-refractivity contribution in [3.63, 3.8) is 0 Å². The van der Waals surface area contributed by atoms with E-state index in [1.165, 1.54) is 0 Å². The number of ketones is 1. The van der Waals surface area contributed by atoms with Gasteiger partial charge in [0, 0.05) is 18.5 Å². The van der Waals surface area contributed by atoms with Gasteiger partial charge in [0.15, 0.2) is 5.78 Å². The Balaban J connectivity index is 1.64. The number of fused-ring (bicyclic) bond motifs is 4. The van der Waals surface area contributed by atoms with Crippen LogP contribution < -0.4 is 4.74 Å². The number of methoxy groups -OCH3 is 1. The van der Waals surface area contributed by atoms with E-state index in [2.05, 4.69) is 4.98 Å². The van der Waals surface area contributed by atoms with Gasteiger partial charge in [0.05, 0.1) is 29.4 Å². The highest BCUT2D eigenvalue weighted by molar-refractivity contribution is 5.99. The summed E-state index contributed by atoms with van der Waals surface area (Å²) in [6.07, 6.45) is 3.07. The lowest BCUT2D eigenvalue weighted by Crippen LogP contribution is -2.21.